The van der Waals surface area contributed by atoms with E-state index in [2.05, 4.69) is 5.10 Å². The van der Waals surface area contributed by atoms with Crippen LogP contribution in [-0.2, 0) is 11.3 Å². The van der Waals surface area contributed by atoms with Gasteiger partial charge in [0.15, 0.2) is 0 Å². The van der Waals surface area contributed by atoms with Crippen LogP contribution in [0.5, 0.6) is 0 Å². The zero-order chi connectivity index (χ0) is 10.1. The smallest absolute Gasteiger partial charge is 0.239 e. The van der Waals surface area contributed by atoms with E-state index in [-0.39, 0.29) is 12.4 Å². The van der Waals surface area contributed by atoms with E-state index in [0.717, 1.165) is 0 Å². The molecule has 0 aliphatic carbocycles. The van der Waals surface area contributed by atoms with E-state index in [1.807, 2.05) is 0 Å². The fourth-order valence-electron chi connectivity index (χ4n) is 1.34. The van der Waals surface area contributed by atoms with Gasteiger partial charge in [0.2, 0.25) is 5.91 Å². The minimum atomic E-state index is -0.501. The Labute approximate surface area is 79.1 Å². The average Bonchev–Trinajstić information content (AvgIpc) is 2.49. The molecule has 2 rings (SSSR count). The highest BCUT2D eigenvalue weighted by Gasteiger charge is 2.07. The van der Waals surface area contributed by atoms with Crippen LogP contribution in [0.15, 0.2) is 24.4 Å². The Bertz CT molecular complexity index is 492. The summed E-state index contributed by atoms with van der Waals surface area (Å²) in [7, 11) is 0. The van der Waals surface area contributed by atoms with Gasteiger partial charge in [-0.15, -0.1) is 0 Å². The fourth-order valence-corrected chi connectivity index (χ4v) is 1.34. The second-order valence-electron chi connectivity index (χ2n) is 2.94. The van der Waals surface area contributed by atoms with Gasteiger partial charge in [-0.25, -0.2) is 4.39 Å². The Morgan fingerprint density at radius 1 is 1.57 bits per heavy atom. The second kappa shape index (κ2) is 3.10. The standard InChI is InChI=1S/C9H8FN3O/c10-7-2-1-3-8-6(7)4-12-13(8)5-9(11)14/h1-4H,5H2,(H2,11,14). The molecule has 0 aliphatic heterocycles. The molecule has 0 atom stereocenters. The van der Waals surface area contributed by atoms with Gasteiger partial charge in [0.1, 0.15) is 12.4 Å². The molecular formula is C9H8FN3O. The summed E-state index contributed by atoms with van der Waals surface area (Å²) in [4.78, 5) is 10.7. The van der Waals surface area contributed by atoms with Gasteiger partial charge >= 0.3 is 0 Å². The molecule has 0 aliphatic rings. The highest BCUT2D eigenvalue weighted by Crippen LogP contribution is 2.16. The first-order valence-corrected chi connectivity index (χ1v) is 4.07. The lowest BCUT2D eigenvalue weighted by molar-refractivity contribution is -0.118. The Hall–Kier alpha value is -1.91. The van der Waals surface area contributed by atoms with E-state index in [0.29, 0.717) is 10.9 Å². The maximum Gasteiger partial charge on any atom is 0.239 e. The van der Waals surface area contributed by atoms with Crippen LogP contribution in [0.4, 0.5) is 4.39 Å². The molecule has 2 aromatic rings. The first kappa shape index (κ1) is 8.68. The normalized spacial score (nSPS) is 10.6. The van der Waals surface area contributed by atoms with Crippen molar-refractivity contribution < 1.29 is 9.18 Å². The highest BCUT2D eigenvalue weighted by molar-refractivity contribution is 5.81. The van der Waals surface area contributed by atoms with Crippen LogP contribution in [0, 0.1) is 5.82 Å². The van der Waals surface area contributed by atoms with Gasteiger partial charge in [0.25, 0.3) is 0 Å². The van der Waals surface area contributed by atoms with Crippen LogP contribution in [0.3, 0.4) is 0 Å². The number of nitrogens with two attached hydrogens (primary N) is 1. The summed E-state index contributed by atoms with van der Waals surface area (Å²) >= 11 is 0. The molecule has 14 heavy (non-hydrogen) atoms. The van der Waals surface area contributed by atoms with Crippen LogP contribution in [-0.4, -0.2) is 15.7 Å². The number of fused-ring (bicyclic) bond motifs is 1. The van der Waals surface area contributed by atoms with E-state index < -0.39 is 5.91 Å². The summed E-state index contributed by atoms with van der Waals surface area (Å²) in [6.45, 7) is -0.0348. The molecule has 0 saturated heterocycles. The molecular weight excluding hydrogens is 185 g/mol. The molecule has 4 nitrogen and oxygen atoms in total. The van der Waals surface area contributed by atoms with Gasteiger partial charge < -0.3 is 5.73 Å². The number of halogens is 1. The molecule has 0 bridgehead atoms. The van der Waals surface area contributed by atoms with Gasteiger partial charge in [-0.1, -0.05) is 6.07 Å². The third-order valence-electron chi connectivity index (χ3n) is 1.94. The molecule has 0 radical (unpaired) electrons. The van der Waals surface area contributed by atoms with Crippen molar-refractivity contribution in [3.05, 3.63) is 30.2 Å². The Balaban J connectivity index is 2.58. The number of carbonyl (C=O) groups is 1. The SMILES string of the molecule is NC(=O)Cn1ncc2c(F)cccc21. The Morgan fingerprint density at radius 2 is 2.36 bits per heavy atom. The zero-order valence-electron chi connectivity index (χ0n) is 7.27. The molecule has 1 aromatic heterocycles. The van der Waals surface area contributed by atoms with Crippen LogP contribution in [0.25, 0.3) is 10.9 Å². The van der Waals surface area contributed by atoms with E-state index in [1.165, 1.54) is 16.9 Å². The number of primary amides is 1. The minimum absolute atomic E-state index is 0.0348. The lowest BCUT2D eigenvalue weighted by atomic mass is 10.2. The summed E-state index contributed by atoms with van der Waals surface area (Å²) in [5.41, 5.74) is 5.59. The quantitative estimate of drug-likeness (QED) is 0.761. The van der Waals surface area contributed by atoms with Crippen molar-refractivity contribution in [3.63, 3.8) is 0 Å². The number of hydrogen-bond donors (Lipinski definition) is 1. The fraction of sp³-hybridized carbons (Fsp3) is 0.111. The van der Waals surface area contributed by atoms with Crippen molar-refractivity contribution in [2.24, 2.45) is 5.73 Å². The van der Waals surface area contributed by atoms with E-state index in [1.54, 1.807) is 12.1 Å². The molecule has 0 saturated carbocycles. The van der Waals surface area contributed by atoms with E-state index in [4.69, 9.17) is 5.73 Å². The lowest BCUT2D eigenvalue weighted by Gasteiger charge is -1.99. The molecule has 72 valence electrons. The van der Waals surface area contributed by atoms with E-state index in [9.17, 15) is 9.18 Å². The van der Waals surface area contributed by atoms with Crippen LogP contribution < -0.4 is 5.73 Å². The minimum Gasteiger partial charge on any atom is -0.368 e. The molecule has 1 aromatic carbocycles. The molecule has 0 fully saturated rings. The maximum atomic E-state index is 13.2. The summed E-state index contributed by atoms with van der Waals surface area (Å²) in [6, 6.07) is 4.60. The third-order valence-corrected chi connectivity index (χ3v) is 1.94. The summed E-state index contributed by atoms with van der Waals surface area (Å²) < 4.78 is 14.5. The number of benzene rings is 1. The summed E-state index contributed by atoms with van der Waals surface area (Å²) in [6.07, 6.45) is 1.38. The van der Waals surface area contributed by atoms with Gasteiger partial charge in [0.05, 0.1) is 17.1 Å². The van der Waals surface area contributed by atoms with Crippen molar-refractivity contribution >= 4 is 16.8 Å². The predicted molar refractivity (Wildman–Crippen MR) is 48.9 cm³/mol. The number of nitrogens with zero attached hydrogens (tertiary/aromatic N) is 2. The van der Waals surface area contributed by atoms with Crippen molar-refractivity contribution in [1.82, 2.24) is 9.78 Å². The van der Waals surface area contributed by atoms with Crippen molar-refractivity contribution in [2.75, 3.05) is 0 Å². The third kappa shape index (κ3) is 1.32. The van der Waals surface area contributed by atoms with Crippen LogP contribution in [0.2, 0.25) is 0 Å². The largest absolute Gasteiger partial charge is 0.368 e. The number of hydrogen-bond acceptors (Lipinski definition) is 2. The van der Waals surface area contributed by atoms with Crippen molar-refractivity contribution in [2.45, 2.75) is 6.54 Å². The molecule has 0 spiro atoms. The molecule has 5 heteroatoms. The molecule has 1 amide bonds. The Kier molecular flexibility index (Phi) is 1.92. The highest BCUT2D eigenvalue weighted by atomic mass is 19.1. The molecule has 0 unspecified atom stereocenters. The predicted octanol–water partition coefficient (Wildman–Crippen LogP) is 0.661. The van der Waals surface area contributed by atoms with Gasteiger partial charge in [-0.3, -0.25) is 9.48 Å². The number of aromatic nitrogens is 2. The summed E-state index contributed by atoms with van der Waals surface area (Å²) in [5, 5.41) is 4.27. The first-order chi connectivity index (χ1) is 6.68. The van der Waals surface area contributed by atoms with Crippen molar-refractivity contribution in [3.8, 4) is 0 Å². The Morgan fingerprint density at radius 3 is 3.07 bits per heavy atom. The first-order valence-electron chi connectivity index (χ1n) is 4.07. The zero-order valence-corrected chi connectivity index (χ0v) is 7.27. The van der Waals surface area contributed by atoms with Gasteiger partial charge in [-0.05, 0) is 12.1 Å². The van der Waals surface area contributed by atoms with Crippen LogP contribution >= 0.6 is 0 Å². The lowest BCUT2D eigenvalue weighted by Crippen LogP contribution is -2.19. The van der Waals surface area contributed by atoms with E-state index >= 15 is 0 Å². The van der Waals surface area contributed by atoms with Crippen molar-refractivity contribution in [1.29, 1.82) is 0 Å². The van der Waals surface area contributed by atoms with Crippen LogP contribution in [0.1, 0.15) is 0 Å². The number of carbonyl (C=O) groups excluding carboxylic acids is 1. The number of rotatable bonds is 2. The summed E-state index contributed by atoms with van der Waals surface area (Å²) in [5.74, 6) is -0.850. The monoisotopic (exact) mass is 193 g/mol. The topological polar surface area (TPSA) is 60.9 Å². The molecule has 2 N–H and O–H groups in total. The van der Waals surface area contributed by atoms with Gasteiger partial charge in [0, 0.05) is 0 Å². The second-order valence-corrected chi connectivity index (χ2v) is 2.94. The maximum absolute atomic E-state index is 13.2. The average molecular weight is 193 g/mol. The van der Waals surface area contributed by atoms with Gasteiger partial charge in [-0.2, -0.15) is 5.10 Å². The molecule has 1 heterocycles. The number of amides is 1.